The zero-order valence-corrected chi connectivity index (χ0v) is 11.7. The summed E-state index contributed by atoms with van der Waals surface area (Å²) < 4.78 is 5.91. The Balaban J connectivity index is 1.99. The van der Waals surface area contributed by atoms with Crippen molar-refractivity contribution in [3.8, 4) is 11.3 Å². The Morgan fingerprint density at radius 2 is 2.13 bits per heavy atom. The number of oxazole rings is 1. The van der Waals surface area contributed by atoms with Crippen LogP contribution in [0, 0.1) is 0 Å². The molecule has 0 atom stereocenters. The first-order valence-electron chi connectivity index (χ1n) is 6.61. The minimum atomic E-state index is -0.989. The van der Waals surface area contributed by atoms with Gasteiger partial charge in [-0.1, -0.05) is 0 Å². The third-order valence-corrected chi connectivity index (χ3v) is 3.15. The highest BCUT2D eigenvalue weighted by atomic mass is 16.5. The molecule has 118 valence electrons. The van der Waals surface area contributed by atoms with Gasteiger partial charge in [-0.05, 0) is 16.9 Å². The highest BCUT2D eigenvalue weighted by Gasteiger charge is 2.28. The Hall–Kier alpha value is -3.43. The molecule has 3 aromatic rings. The van der Waals surface area contributed by atoms with Crippen molar-refractivity contribution >= 4 is 23.0 Å². The Bertz CT molecular complexity index is 865. The molecular weight excluding hydrogens is 306 g/mol. The zero-order valence-electron chi connectivity index (χ0n) is 11.7. The SMILES string of the molecule is O=C(O)CCNc1n[n+](O)c2cc(-c3cnco3)ccc2[n+]1O. The number of benzene rings is 1. The summed E-state index contributed by atoms with van der Waals surface area (Å²) in [7, 11) is 0. The van der Waals surface area contributed by atoms with Crippen molar-refractivity contribution in [2.45, 2.75) is 6.42 Å². The van der Waals surface area contributed by atoms with E-state index in [0.29, 0.717) is 16.2 Å². The van der Waals surface area contributed by atoms with Gasteiger partial charge in [-0.2, -0.15) is 0 Å². The zero-order chi connectivity index (χ0) is 16.4. The van der Waals surface area contributed by atoms with Crippen molar-refractivity contribution in [3.05, 3.63) is 30.8 Å². The van der Waals surface area contributed by atoms with Gasteiger partial charge >= 0.3 is 17.4 Å². The summed E-state index contributed by atoms with van der Waals surface area (Å²) in [6.45, 7) is 0.0462. The van der Waals surface area contributed by atoms with Gasteiger partial charge < -0.3 is 14.7 Å². The number of carboxylic acid groups (broad SMARTS) is 1. The summed E-state index contributed by atoms with van der Waals surface area (Å²) in [5.74, 6) is -0.579. The van der Waals surface area contributed by atoms with E-state index in [-0.39, 0.29) is 29.9 Å². The van der Waals surface area contributed by atoms with Gasteiger partial charge in [-0.3, -0.25) is 10.1 Å². The van der Waals surface area contributed by atoms with Crippen LogP contribution in [0.1, 0.15) is 6.42 Å². The fraction of sp³-hybridized carbons (Fsp3) is 0.154. The number of anilines is 1. The molecule has 3 rings (SSSR count). The minimum Gasteiger partial charge on any atom is -0.481 e. The van der Waals surface area contributed by atoms with Crippen LogP contribution in [0.2, 0.25) is 0 Å². The first kappa shape index (κ1) is 14.5. The molecule has 0 fully saturated rings. The van der Waals surface area contributed by atoms with Crippen LogP contribution in [0.25, 0.3) is 22.4 Å². The maximum atomic E-state index is 10.5. The van der Waals surface area contributed by atoms with Gasteiger partial charge in [0.15, 0.2) is 12.2 Å². The molecule has 0 saturated carbocycles. The summed E-state index contributed by atoms with van der Waals surface area (Å²) in [6, 6.07) is 4.80. The van der Waals surface area contributed by atoms with Crippen LogP contribution in [0.15, 0.2) is 35.2 Å². The molecule has 2 heterocycles. The highest BCUT2D eigenvalue weighted by Crippen LogP contribution is 2.21. The third kappa shape index (κ3) is 2.81. The average Bonchev–Trinajstić information content (AvgIpc) is 3.05. The van der Waals surface area contributed by atoms with Crippen LogP contribution >= 0.6 is 0 Å². The van der Waals surface area contributed by atoms with Crippen LogP contribution < -0.4 is 14.9 Å². The molecule has 0 aliphatic rings. The number of fused-ring (bicyclic) bond motifs is 1. The second kappa shape index (κ2) is 5.75. The van der Waals surface area contributed by atoms with Crippen molar-refractivity contribution in [2.75, 3.05) is 11.9 Å². The summed E-state index contributed by atoms with van der Waals surface area (Å²) in [6.07, 6.45) is 2.65. The van der Waals surface area contributed by atoms with Crippen molar-refractivity contribution in [1.82, 2.24) is 10.1 Å². The Labute approximate surface area is 128 Å². The van der Waals surface area contributed by atoms with E-state index in [9.17, 15) is 15.2 Å². The standard InChI is InChI=1S/C13H11N5O5/c19-12(20)3-4-15-13-16-18(22)10-5-8(11-6-14-7-23-11)1-2-9(10)17(13)21/h1-2,5-7,21H,3-4H2,(H-,15,16,19,20,22)/p+2. The highest BCUT2D eigenvalue weighted by molar-refractivity contribution is 5.75. The van der Waals surface area contributed by atoms with E-state index in [4.69, 9.17) is 9.52 Å². The fourth-order valence-corrected chi connectivity index (χ4v) is 2.07. The molecule has 0 radical (unpaired) electrons. The van der Waals surface area contributed by atoms with E-state index in [1.165, 1.54) is 12.6 Å². The summed E-state index contributed by atoms with van der Waals surface area (Å²) in [5, 5.41) is 35.1. The number of aliphatic carboxylic acids is 1. The van der Waals surface area contributed by atoms with Crippen LogP contribution in [0.4, 0.5) is 5.95 Å². The van der Waals surface area contributed by atoms with Gasteiger partial charge in [-0.25, -0.2) is 10.2 Å². The Kier molecular flexibility index (Phi) is 3.63. The van der Waals surface area contributed by atoms with E-state index < -0.39 is 5.97 Å². The van der Waals surface area contributed by atoms with Crippen LogP contribution in [0.3, 0.4) is 0 Å². The maximum Gasteiger partial charge on any atom is 0.500 e. The van der Waals surface area contributed by atoms with Crippen molar-refractivity contribution < 1.29 is 34.3 Å². The van der Waals surface area contributed by atoms with Gasteiger partial charge in [0, 0.05) is 11.6 Å². The van der Waals surface area contributed by atoms with Crippen LogP contribution in [-0.2, 0) is 4.79 Å². The van der Waals surface area contributed by atoms with E-state index in [1.807, 2.05) is 0 Å². The third-order valence-electron chi connectivity index (χ3n) is 3.15. The van der Waals surface area contributed by atoms with Gasteiger partial charge in [0.2, 0.25) is 10.4 Å². The molecule has 4 N–H and O–H groups in total. The molecule has 0 aliphatic carbocycles. The second-order valence-corrected chi connectivity index (χ2v) is 4.66. The number of aromatic nitrogens is 4. The number of nitrogens with zero attached hydrogens (tertiary/aromatic N) is 4. The Morgan fingerprint density at radius 1 is 1.30 bits per heavy atom. The monoisotopic (exact) mass is 319 g/mol. The molecule has 0 unspecified atom stereocenters. The van der Waals surface area contributed by atoms with E-state index in [0.717, 1.165) is 4.73 Å². The summed E-state index contributed by atoms with van der Waals surface area (Å²) >= 11 is 0. The molecule has 0 spiro atoms. The fourth-order valence-electron chi connectivity index (χ4n) is 2.07. The second-order valence-electron chi connectivity index (χ2n) is 4.66. The smallest absolute Gasteiger partial charge is 0.481 e. The molecule has 0 bridgehead atoms. The number of nitrogens with one attached hydrogen (secondary N) is 1. The number of hydrogen-bond donors (Lipinski definition) is 4. The molecule has 0 saturated heterocycles. The maximum absolute atomic E-state index is 10.5. The quantitative estimate of drug-likeness (QED) is 0.376. The molecule has 1 aromatic carbocycles. The lowest BCUT2D eigenvalue weighted by atomic mass is 10.1. The molecule has 0 aliphatic heterocycles. The first-order valence-corrected chi connectivity index (χ1v) is 6.61. The van der Waals surface area contributed by atoms with E-state index >= 15 is 0 Å². The van der Waals surface area contributed by atoms with Crippen molar-refractivity contribution in [1.29, 1.82) is 0 Å². The topological polar surface area (TPSA) is 136 Å². The molecule has 2 aromatic heterocycles. The predicted molar refractivity (Wildman–Crippen MR) is 72.7 cm³/mol. The van der Waals surface area contributed by atoms with Gasteiger partial charge in [-0.15, -0.1) is 0 Å². The number of carboxylic acids is 1. The first-order chi connectivity index (χ1) is 11.1. The van der Waals surface area contributed by atoms with Crippen LogP contribution in [-0.4, -0.2) is 38.1 Å². The van der Waals surface area contributed by atoms with Crippen molar-refractivity contribution in [2.24, 2.45) is 0 Å². The van der Waals surface area contributed by atoms with E-state index in [1.54, 1.807) is 18.2 Å². The van der Waals surface area contributed by atoms with Gasteiger partial charge in [0.05, 0.1) is 19.2 Å². The van der Waals surface area contributed by atoms with Gasteiger partial charge in [0.25, 0.3) is 5.10 Å². The van der Waals surface area contributed by atoms with Crippen LogP contribution in [0.5, 0.6) is 0 Å². The lowest BCUT2D eigenvalue weighted by Gasteiger charge is -2.00. The summed E-state index contributed by atoms with van der Waals surface area (Å²) in [5.41, 5.74) is 1.14. The van der Waals surface area contributed by atoms with Crippen molar-refractivity contribution in [3.63, 3.8) is 0 Å². The molecule has 10 nitrogen and oxygen atoms in total. The largest absolute Gasteiger partial charge is 0.500 e. The molecule has 23 heavy (non-hydrogen) atoms. The normalized spacial score (nSPS) is 10.8. The minimum absolute atomic E-state index is 0.0462. The Morgan fingerprint density at radius 3 is 2.83 bits per heavy atom. The van der Waals surface area contributed by atoms with Gasteiger partial charge in [0.1, 0.15) is 0 Å². The molecule has 0 amide bonds. The lowest BCUT2D eigenvalue weighted by Crippen LogP contribution is -2.47. The molecular formula is C13H13N5O5+2. The number of rotatable bonds is 5. The predicted octanol–water partition coefficient (Wildman–Crippen LogP) is -0.174. The number of carbonyl (C=O) groups is 1. The molecule has 10 heteroatoms. The average molecular weight is 319 g/mol. The number of hydrogen-bond acceptors (Lipinski definition) is 7. The summed E-state index contributed by atoms with van der Waals surface area (Å²) in [4.78, 5) is 14.9. The lowest BCUT2D eigenvalue weighted by molar-refractivity contribution is -0.950. The van der Waals surface area contributed by atoms with E-state index in [2.05, 4.69) is 15.4 Å².